The van der Waals surface area contributed by atoms with Crippen molar-refractivity contribution in [3.63, 3.8) is 0 Å². The summed E-state index contributed by atoms with van der Waals surface area (Å²) in [4.78, 5) is 184. The lowest BCUT2D eigenvalue weighted by Crippen LogP contribution is -2.61. The number of hydrogen-bond donors (Lipinski definition) is 15. The van der Waals surface area contributed by atoms with E-state index in [1.807, 2.05) is 41.2 Å². The van der Waals surface area contributed by atoms with E-state index in [-0.39, 0.29) is 82.7 Å². The van der Waals surface area contributed by atoms with Gasteiger partial charge in [-0.3, -0.25) is 62.3 Å². The second-order valence-corrected chi connectivity index (χ2v) is 25.9. The van der Waals surface area contributed by atoms with E-state index in [1.54, 1.807) is 44.2 Å². The molecule has 12 amide bonds. The van der Waals surface area contributed by atoms with E-state index < -0.39 is 169 Å². The van der Waals surface area contributed by atoms with Crippen molar-refractivity contribution in [3.8, 4) is 0 Å². The first-order chi connectivity index (χ1) is 44.1. The molecule has 33 heteroatoms. The first kappa shape index (κ1) is 82.1. The minimum Gasteiger partial charge on any atom is -0.550 e. The second kappa shape index (κ2) is 41.6. The molecule has 0 radical (unpaired) electrons. The van der Waals surface area contributed by atoms with Crippen LogP contribution in [0.15, 0.2) is 30.3 Å². The molecule has 2 aliphatic heterocycles. The highest BCUT2D eigenvalue weighted by atomic mass is 32.2. The summed E-state index contributed by atoms with van der Waals surface area (Å²) in [5.41, 5.74) is 11.8. The van der Waals surface area contributed by atoms with Crippen LogP contribution in [0.5, 0.6) is 0 Å². The molecule has 2 saturated heterocycles. The molecule has 32 nitrogen and oxygen atoms in total. The van der Waals surface area contributed by atoms with E-state index in [2.05, 4.69) is 53.2 Å². The van der Waals surface area contributed by atoms with Crippen LogP contribution in [0, 0.1) is 11.8 Å². The van der Waals surface area contributed by atoms with E-state index in [4.69, 9.17) is 16.6 Å². The predicted octanol–water partition coefficient (Wildman–Crippen LogP) is -5.37. The number of likely N-dealkylation sites (N-methyl/N-ethyl adjacent to an activating group) is 1. The number of aliphatic hydroxyl groups is 2. The minimum atomic E-state index is -1.85. The Morgan fingerprint density at radius 3 is 1.88 bits per heavy atom. The monoisotopic (exact) mass is 1350 g/mol. The third-order valence-corrected chi connectivity index (χ3v) is 15.9. The number of carboxylic acids is 2. The smallest absolute Gasteiger partial charge is 0.305 e. The number of aliphatic carboxylic acids is 2. The van der Waals surface area contributed by atoms with Crippen LogP contribution < -0.4 is 69.7 Å². The number of thioether (sulfide) groups is 1. The number of carbonyl (C=O) groups is 14. The summed E-state index contributed by atoms with van der Waals surface area (Å²) in [6, 6.07) is -4.53. The summed E-state index contributed by atoms with van der Waals surface area (Å²) >= 11 is 1.46. The normalized spacial score (nSPS) is 17.6. The third kappa shape index (κ3) is 30.4. The largest absolute Gasteiger partial charge is 0.550 e. The van der Waals surface area contributed by atoms with Crippen molar-refractivity contribution in [2.45, 2.75) is 185 Å². The highest BCUT2D eigenvalue weighted by molar-refractivity contribution is 7.98. The average molecular weight is 1350 g/mol. The number of nitrogens with two attached hydrogens (primary N) is 2. The quantitative estimate of drug-likeness (QED) is 0.0215. The fourth-order valence-corrected chi connectivity index (χ4v) is 10.5. The molecule has 12 atom stereocenters. The molecular formula is C61H100N14O18S. The standard InChI is InChI=1S/C54H85N13O15S.C7H15NO3/c1-7-30(4)44(53(81)57-27-42(70)60-36(24-29(2)3)49(77)61-33(45(56)73)20-23-83-6)66-50(78)37(25-32-14-9-8-10-15-32)63-46(74)31(5)58-48(76)38(26-43(71)72)64-47(75)34(16-11-12-21-55)62-51(79)39(28-68)65-52(80)40-17-13-22-67(40)54(82)35-18-19-41(69)59-35;1-8(2,3)5-6(9)4-7(10)11/h8-10,14-15,29-31,33-40,44,68H,7,11-13,16-28,55H2,1-6H3,(H2,56,73)(H,57,81)(H,58,76)(H,59,69)(H,60,70)(H,61,77)(H,62,79)(H,63,74)(H,64,75)(H,65,80)(H,66,78)(H,71,72);6,9H,4-5H2,1-3H3/t30-,31-,33-,34-,35-,36-,37-,38-,39-,40-,44-;6-/m01/s1. The number of amides is 12. The zero-order chi connectivity index (χ0) is 71.0. The molecule has 0 saturated carbocycles. The molecule has 3 rings (SSSR count). The second-order valence-electron chi connectivity index (χ2n) is 24.9. The molecule has 0 spiro atoms. The number of carbonyl (C=O) groups excluding carboxylic acids is 13. The maximum absolute atomic E-state index is 14.2. The number of primary amides is 1. The Morgan fingerprint density at radius 1 is 0.734 bits per heavy atom. The van der Waals surface area contributed by atoms with Crippen molar-refractivity contribution in [3.05, 3.63) is 35.9 Å². The number of benzene rings is 1. The Labute approximate surface area is 552 Å². The van der Waals surface area contributed by atoms with Gasteiger partial charge in [0.25, 0.3) is 0 Å². The van der Waals surface area contributed by atoms with Crippen molar-refractivity contribution in [2.75, 3.05) is 65.9 Å². The third-order valence-electron chi connectivity index (χ3n) is 15.2. The van der Waals surface area contributed by atoms with E-state index >= 15 is 0 Å². The highest BCUT2D eigenvalue weighted by Crippen LogP contribution is 2.22. The van der Waals surface area contributed by atoms with Crippen LogP contribution in [0.25, 0.3) is 0 Å². The van der Waals surface area contributed by atoms with Crippen LogP contribution >= 0.6 is 11.8 Å². The molecule has 17 N–H and O–H groups in total. The number of quaternary nitrogens is 1. The summed E-state index contributed by atoms with van der Waals surface area (Å²) < 4.78 is 0.550. The Balaban J connectivity index is 0.00000249. The van der Waals surface area contributed by atoms with E-state index in [0.29, 0.717) is 41.6 Å². The molecule has 2 aliphatic rings. The molecule has 1 aromatic rings. The first-order valence-corrected chi connectivity index (χ1v) is 32.9. The van der Waals surface area contributed by atoms with Crippen molar-refractivity contribution in [2.24, 2.45) is 23.3 Å². The average Bonchev–Trinajstić information content (AvgIpc) is 1.66. The van der Waals surface area contributed by atoms with Crippen LogP contribution in [-0.2, 0) is 73.5 Å². The van der Waals surface area contributed by atoms with Gasteiger partial charge in [0.2, 0.25) is 70.9 Å². The van der Waals surface area contributed by atoms with Gasteiger partial charge in [0.15, 0.2) is 0 Å². The number of rotatable bonds is 40. The van der Waals surface area contributed by atoms with Crippen LogP contribution in [0.4, 0.5) is 0 Å². The van der Waals surface area contributed by atoms with E-state index in [9.17, 15) is 82.4 Å². The molecule has 1 aromatic carbocycles. The van der Waals surface area contributed by atoms with Gasteiger partial charge in [-0.25, -0.2) is 0 Å². The van der Waals surface area contributed by atoms with Crippen LogP contribution in [0.1, 0.15) is 117 Å². The number of likely N-dealkylation sites (tertiary alicyclic amines) is 1. The zero-order valence-corrected chi connectivity index (χ0v) is 56.1. The summed E-state index contributed by atoms with van der Waals surface area (Å²) in [7, 11) is 5.66. The van der Waals surface area contributed by atoms with Crippen molar-refractivity contribution in [1.29, 1.82) is 0 Å². The first-order valence-electron chi connectivity index (χ1n) is 31.5. The Hall–Kier alpha value is -8.01. The lowest BCUT2D eigenvalue weighted by Gasteiger charge is -2.28. The summed E-state index contributed by atoms with van der Waals surface area (Å²) in [6.45, 7) is 7.60. The number of nitrogens with zero attached hydrogens (tertiary/aromatic N) is 2. The number of aliphatic hydroxyl groups excluding tert-OH is 2. The van der Waals surface area contributed by atoms with Crippen molar-refractivity contribution in [1.82, 2.24) is 58.1 Å². The van der Waals surface area contributed by atoms with Gasteiger partial charge in [0.1, 0.15) is 73.1 Å². The Morgan fingerprint density at radius 2 is 1.33 bits per heavy atom. The lowest BCUT2D eigenvalue weighted by molar-refractivity contribution is -0.873. The molecule has 0 unspecified atom stereocenters. The van der Waals surface area contributed by atoms with Gasteiger partial charge in [-0.2, -0.15) is 11.8 Å². The molecule has 0 aliphatic carbocycles. The summed E-state index contributed by atoms with van der Waals surface area (Å²) in [6.07, 6.45) is 2.04. The van der Waals surface area contributed by atoms with Crippen LogP contribution in [-0.4, -0.2) is 240 Å². The van der Waals surface area contributed by atoms with Crippen LogP contribution in [0.3, 0.4) is 0 Å². The molecule has 2 heterocycles. The van der Waals surface area contributed by atoms with Crippen LogP contribution in [0.2, 0.25) is 0 Å². The van der Waals surface area contributed by atoms with Gasteiger partial charge in [0, 0.05) is 31.8 Å². The Bertz CT molecular complexity index is 2740. The van der Waals surface area contributed by atoms with Gasteiger partial charge in [0.05, 0.1) is 40.7 Å². The van der Waals surface area contributed by atoms with Gasteiger partial charge < -0.3 is 99.2 Å². The molecule has 2 fully saturated rings. The fraction of sp³-hybridized carbons (Fsp3) is 0.672. The molecule has 94 heavy (non-hydrogen) atoms. The van der Waals surface area contributed by atoms with Gasteiger partial charge in [-0.15, -0.1) is 0 Å². The lowest BCUT2D eigenvalue weighted by atomic mass is 9.97. The fourth-order valence-electron chi connectivity index (χ4n) is 10.1. The maximum atomic E-state index is 14.2. The van der Waals surface area contributed by atoms with Gasteiger partial charge in [-0.1, -0.05) is 64.4 Å². The molecular weight excluding hydrogens is 1250 g/mol. The number of unbranched alkanes of at least 4 members (excludes halogenated alkanes) is 1. The van der Waals surface area contributed by atoms with Gasteiger partial charge in [-0.05, 0) is 94.2 Å². The van der Waals surface area contributed by atoms with Crippen molar-refractivity contribution >= 4 is 94.6 Å². The number of carboxylic acid groups (broad SMARTS) is 2. The van der Waals surface area contributed by atoms with E-state index in [1.165, 1.54) is 23.6 Å². The molecule has 0 bridgehead atoms. The van der Waals surface area contributed by atoms with Crippen molar-refractivity contribution < 1.29 is 92.0 Å². The topological polar surface area (TPSA) is 498 Å². The van der Waals surface area contributed by atoms with E-state index in [0.717, 1.165) is 0 Å². The SMILES string of the molecule is CC[C@H](C)[C@H](NC(=O)[C@H](Cc1ccccc1)NC(=O)[C@H](C)NC(=O)[C@H](CC(=O)O)NC(=O)[C@H](CCCCN)NC(=O)[C@H](CO)NC(=O)[C@@H]1CCCN1C(=O)[C@@H]1CCC(=O)N1)C(=O)NCC(=O)N[C@@H](CC(C)C)C(=O)N[C@@H](CCSC)C(N)=O.C[N+](C)(C)C[C@H](O)CC(=O)[O-]. The number of hydrogen-bond acceptors (Lipinski definition) is 19. The molecule has 528 valence electrons. The van der Waals surface area contributed by atoms with Gasteiger partial charge >= 0.3 is 5.97 Å². The summed E-state index contributed by atoms with van der Waals surface area (Å²) in [5.74, 6) is -12.2. The summed E-state index contributed by atoms with van der Waals surface area (Å²) in [5, 5.41) is 64.3. The molecule has 0 aromatic heterocycles. The maximum Gasteiger partial charge on any atom is 0.305 e. The zero-order valence-electron chi connectivity index (χ0n) is 55.3. The highest BCUT2D eigenvalue weighted by Gasteiger charge is 2.41. The Kier molecular flexibility index (Phi) is 36.4. The number of nitrogens with one attached hydrogen (secondary N) is 10. The minimum absolute atomic E-state index is 0.0722. The predicted molar refractivity (Wildman–Crippen MR) is 342 cm³/mol.